The van der Waals surface area contributed by atoms with Gasteiger partial charge in [0.05, 0.1) is 0 Å². The molecule has 2 N–H and O–H groups in total. The summed E-state index contributed by atoms with van der Waals surface area (Å²) in [6.07, 6.45) is 1.92. The van der Waals surface area contributed by atoms with Gasteiger partial charge >= 0.3 is 0 Å². The smallest absolute Gasteiger partial charge is 0.253 e. The van der Waals surface area contributed by atoms with E-state index in [2.05, 4.69) is 10.6 Å². The Morgan fingerprint density at radius 3 is 2.41 bits per heavy atom. The molecule has 1 heterocycles. The maximum absolute atomic E-state index is 13.1. The molecular formula is C26H32ClN3O4. The van der Waals surface area contributed by atoms with Crippen LogP contribution < -0.4 is 10.6 Å². The summed E-state index contributed by atoms with van der Waals surface area (Å²) in [6, 6.07) is 13.5. The molecule has 7 nitrogen and oxygen atoms in total. The molecular weight excluding hydrogens is 454 g/mol. The Bertz CT molecular complexity index is 988. The molecule has 1 atom stereocenters. The number of amides is 3. The van der Waals surface area contributed by atoms with Crippen molar-refractivity contribution < 1.29 is 19.1 Å². The molecule has 2 aromatic rings. The van der Waals surface area contributed by atoms with Crippen molar-refractivity contribution in [2.45, 2.75) is 32.2 Å². The Labute approximate surface area is 205 Å². The first kappa shape index (κ1) is 25.7. The van der Waals surface area contributed by atoms with Gasteiger partial charge in [0.15, 0.2) is 0 Å². The maximum atomic E-state index is 13.1. The minimum Gasteiger partial charge on any atom is -0.385 e. The van der Waals surface area contributed by atoms with Gasteiger partial charge in [-0.05, 0) is 68.0 Å². The van der Waals surface area contributed by atoms with Gasteiger partial charge in [-0.2, -0.15) is 0 Å². The zero-order valence-corrected chi connectivity index (χ0v) is 20.4. The van der Waals surface area contributed by atoms with Gasteiger partial charge in [-0.25, -0.2) is 0 Å². The van der Waals surface area contributed by atoms with Gasteiger partial charge < -0.3 is 20.3 Å². The minimum atomic E-state index is -0.678. The van der Waals surface area contributed by atoms with Gasteiger partial charge in [-0.15, -0.1) is 0 Å². The highest BCUT2D eigenvalue weighted by atomic mass is 35.5. The number of aryl methyl sites for hydroxylation is 1. The second kappa shape index (κ2) is 12.5. The third-order valence-corrected chi connectivity index (χ3v) is 6.42. The van der Waals surface area contributed by atoms with Crippen molar-refractivity contribution in [3.63, 3.8) is 0 Å². The van der Waals surface area contributed by atoms with Crippen LogP contribution in [0.5, 0.6) is 0 Å². The van der Waals surface area contributed by atoms with E-state index in [9.17, 15) is 14.4 Å². The number of carbonyl (C=O) groups is 3. The van der Waals surface area contributed by atoms with Crippen LogP contribution in [-0.4, -0.2) is 62.0 Å². The van der Waals surface area contributed by atoms with Gasteiger partial charge in [0.2, 0.25) is 5.91 Å². The number of benzene rings is 2. The molecule has 0 radical (unpaired) electrons. The Morgan fingerprint density at radius 2 is 1.76 bits per heavy atom. The van der Waals surface area contributed by atoms with Crippen molar-refractivity contribution in [1.29, 1.82) is 0 Å². The molecule has 1 aliphatic rings. The molecule has 2 aromatic carbocycles. The molecule has 0 saturated carbocycles. The van der Waals surface area contributed by atoms with Crippen LogP contribution in [0.25, 0.3) is 0 Å². The van der Waals surface area contributed by atoms with E-state index in [-0.39, 0.29) is 23.6 Å². The standard InChI is InChI=1S/C26H32ClN3O4/c1-18-6-3-4-7-22(18)24(31)29-23(25(32)28-14-5-17-34-2)19-12-15-30(16-13-19)26(33)20-8-10-21(27)11-9-20/h3-4,6-11,19,23H,5,12-17H2,1-2H3,(H,28,32)(H,29,31)/t23-/m1/s1. The van der Waals surface area contributed by atoms with Crippen LogP contribution in [0.15, 0.2) is 48.5 Å². The predicted octanol–water partition coefficient (Wildman–Crippen LogP) is 3.45. The third kappa shape index (κ3) is 6.81. The summed E-state index contributed by atoms with van der Waals surface area (Å²) in [5.41, 5.74) is 1.99. The van der Waals surface area contributed by atoms with E-state index >= 15 is 0 Å². The molecule has 34 heavy (non-hydrogen) atoms. The number of halogens is 1. The zero-order chi connectivity index (χ0) is 24.5. The summed E-state index contributed by atoms with van der Waals surface area (Å²) in [7, 11) is 1.62. The predicted molar refractivity (Wildman–Crippen MR) is 132 cm³/mol. The lowest BCUT2D eigenvalue weighted by molar-refractivity contribution is -0.124. The minimum absolute atomic E-state index is 0.0559. The Kier molecular flexibility index (Phi) is 9.48. The SMILES string of the molecule is COCCCNC(=O)[C@H](NC(=O)c1ccccc1C)C1CCN(C(=O)c2ccc(Cl)cc2)CC1. The average molecular weight is 486 g/mol. The van der Waals surface area contributed by atoms with Crippen LogP contribution >= 0.6 is 11.6 Å². The number of carbonyl (C=O) groups excluding carboxylic acids is 3. The van der Waals surface area contributed by atoms with Crippen molar-refractivity contribution in [3.05, 3.63) is 70.2 Å². The first-order valence-corrected chi connectivity index (χ1v) is 12.0. The summed E-state index contributed by atoms with van der Waals surface area (Å²) >= 11 is 5.93. The summed E-state index contributed by atoms with van der Waals surface area (Å²) in [4.78, 5) is 40.7. The van der Waals surface area contributed by atoms with Crippen molar-refractivity contribution in [2.24, 2.45) is 5.92 Å². The maximum Gasteiger partial charge on any atom is 0.253 e. The molecule has 1 saturated heterocycles. The van der Waals surface area contributed by atoms with Gasteiger partial charge in [-0.3, -0.25) is 14.4 Å². The summed E-state index contributed by atoms with van der Waals surface area (Å²) in [5, 5.41) is 6.47. The van der Waals surface area contributed by atoms with E-state index in [1.807, 2.05) is 25.1 Å². The molecule has 182 valence electrons. The van der Waals surface area contributed by atoms with Crippen molar-refractivity contribution in [2.75, 3.05) is 33.4 Å². The fourth-order valence-electron chi connectivity index (χ4n) is 4.19. The van der Waals surface area contributed by atoms with Crippen molar-refractivity contribution >= 4 is 29.3 Å². The topological polar surface area (TPSA) is 87.7 Å². The van der Waals surface area contributed by atoms with E-state index in [1.165, 1.54) is 0 Å². The monoisotopic (exact) mass is 485 g/mol. The fourth-order valence-corrected chi connectivity index (χ4v) is 4.32. The molecule has 1 fully saturated rings. The zero-order valence-electron chi connectivity index (χ0n) is 19.7. The second-order valence-corrected chi connectivity index (χ2v) is 8.98. The number of nitrogens with one attached hydrogen (secondary N) is 2. The molecule has 0 spiro atoms. The van der Waals surface area contributed by atoms with Crippen LogP contribution in [-0.2, 0) is 9.53 Å². The molecule has 1 aliphatic heterocycles. The lowest BCUT2D eigenvalue weighted by atomic mass is 9.88. The normalized spacial score (nSPS) is 15.0. The van der Waals surface area contributed by atoms with Crippen LogP contribution in [0.1, 0.15) is 45.5 Å². The fraction of sp³-hybridized carbons (Fsp3) is 0.423. The lowest BCUT2D eigenvalue weighted by Gasteiger charge is -2.36. The van der Waals surface area contributed by atoms with Crippen LogP contribution in [0.4, 0.5) is 0 Å². The first-order valence-electron chi connectivity index (χ1n) is 11.6. The number of hydrogen-bond donors (Lipinski definition) is 2. The number of ether oxygens (including phenoxy) is 1. The number of piperidine rings is 1. The molecule has 0 unspecified atom stereocenters. The molecule has 0 aromatic heterocycles. The van der Waals surface area contributed by atoms with E-state index in [1.54, 1.807) is 42.3 Å². The van der Waals surface area contributed by atoms with Gasteiger partial charge in [0.25, 0.3) is 11.8 Å². The summed E-state index contributed by atoms with van der Waals surface area (Å²) < 4.78 is 5.05. The molecule has 8 heteroatoms. The quantitative estimate of drug-likeness (QED) is 0.532. The highest BCUT2D eigenvalue weighted by Crippen LogP contribution is 2.23. The largest absolute Gasteiger partial charge is 0.385 e. The number of hydrogen-bond acceptors (Lipinski definition) is 4. The summed E-state index contributed by atoms with van der Waals surface area (Å²) in [5.74, 6) is -0.611. The Morgan fingerprint density at radius 1 is 1.09 bits per heavy atom. The Balaban J connectivity index is 1.67. The highest BCUT2D eigenvalue weighted by Gasteiger charge is 2.34. The van der Waals surface area contributed by atoms with Crippen LogP contribution in [0, 0.1) is 12.8 Å². The lowest BCUT2D eigenvalue weighted by Crippen LogP contribution is -2.54. The Hall–Kier alpha value is -2.90. The number of rotatable bonds is 9. The van der Waals surface area contributed by atoms with Crippen LogP contribution in [0.3, 0.4) is 0 Å². The molecule has 0 aliphatic carbocycles. The van der Waals surface area contributed by atoms with Gasteiger partial charge in [0, 0.05) is 49.5 Å². The second-order valence-electron chi connectivity index (χ2n) is 8.54. The number of likely N-dealkylation sites (tertiary alicyclic amines) is 1. The van der Waals surface area contributed by atoms with Crippen LogP contribution in [0.2, 0.25) is 5.02 Å². The van der Waals surface area contributed by atoms with Gasteiger partial charge in [-0.1, -0.05) is 29.8 Å². The third-order valence-electron chi connectivity index (χ3n) is 6.17. The number of methoxy groups -OCH3 is 1. The summed E-state index contributed by atoms with van der Waals surface area (Å²) in [6.45, 7) is 3.91. The van der Waals surface area contributed by atoms with E-state index < -0.39 is 6.04 Å². The highest BCUT2D eigenvalue weighted by molar-refractivity contribution is 6.30. The number of nitrogens with zero attached hydrogens (tertiary/aromatic N) is 1. The first-order chi connectivity index (χ1) is 16.4. The van der Waals surface area contributed by atoms with E-state index in [0.29, 0.717) is 61.7 Å². The van der Waals surface area contributed by atoms with Crippen molar-refractivity contribution in [1.82, 2.24) is 15.5 Å². The van der Waals surface area contributed by atoms with E-state index in [0.717, 1.165) is 5.56 Å². The van der Waals surface area contributed by atoms with Gasteiger partial charge in [0.1, 0.15) is 6.04 Å². The van der Waals surface area contributed by atoms with Crippen molar-refractivity contribution in [3.8, 4) is 0 Å². The molecule has 3 rings (SSSR count). The van der Waals surface area contributed by atoms with E-state index in [4.69, 9.17) is 16.3 Å². The average Bonchev–Trinajstić information content (AvgIpc) is 2.85. The molecule has 3 amide bonds. The molecule has 0 bridgehead atoms.